The molecule has 2 heterocycles. The minimum absolute atomic E-state index is 0.524. The molecule has 0 aliphatic heterocycles. The fourth-order valence-electron chi connectivity index (χ4n) is 3.35. The van der Waals surface area contributed by atoms with Crippen molar-refractivity contribution in [3.8, 4) is 5.82 Å². The standard InChI is InChI=1S/C18H20N6/c19-16-17(21-12-22-18(16)24-9-3-7-23-24)20-8-6-13-10-14-4-1-2-5-15(14)11-13/h1-5,7,9,12-13H,6,8,10-11,19H2,(H,20,21,22). The molecule has 0 amide bonds. The second-order valence-electron chi connectivity index (χ2n) is 6.17. The number of nitrogen functional groups attached to an aromatic ring is 1. The van der Waals surface area contributed by atoms with Gasteiger partial charge in [-0.05, 0) is 42.4 Å². The molecule has 0 atom stereocenters. The van der Waals surface area contributed by atoms with E-state index in [4.69, 9.17) is 5.73 Å². The van der Waals surface area contributed by atoms with Gasteiger partial charge in [0.25, 0.3) is 0 Å². The van der Waals surface area contributed by atoms with Crippen LogP contribution in [-0.2, 0) is 12.8 Å². The molecule has 122 valence electrons. The number of anilines is 2. The lowest BCUT2D eigenvalue weighted by molar-refractivity contribution is 0.529. The van der Waals surface area contributed by atoms with Crippen molar-refractivity contribution in [3.63, 3.8) is 0 Å². The van der Waals surface area contributed by atoms with Crippen LogP contribution in [0.3, 0.4) is 0 Å². The molecule has 0 spiro atoms. The monoisotopic (exact) mass is 320 g/mol. The molecule has 0 unspecified atom stereocenters. The van der Waals surface area contributed by atoms with E-state index in [-0.39, 0.29) is 0 Å². The van der Waals surface area contributed by atoms with Crippen molar-refractivity contribution in [2.75, 3.05) is 17.6 Å². The van der Waals surface area contributed by atoms with Gasteiger partial charge in [0.15, 0.2) is 11.6 Å². The van der Waals surface area contributed by atoms with Crippen LogP contribution in [0.5, 0.6) is 0 Å². The van der Waals surface area contributed by atoms with Crippen LogP contribution in [0.4, 0.5) is 11.5 Å². The predicted molar refractivity (Wildman–Crippen MR) is 94.0 cm³/mol. The maximum Gasteiger partial charge on any atom is 0.181 e. The summed E-state index contributed by atoms with van der Waals surface area (Å²) in [5.41, 5.74) is 9.69. The Hall–Kier alpha value is -2.89. The van der Waals surface area contributed by atoms with E-state index in [1.807, 2.05) is 12.3 Å². The van der Waals surface area contributed by atoms with Crippen LogP contribution < -0.4 is 11.1 Å². The first-order chi connectivity index (χ1) is 11.8. The van der Waals surface area contributed by atoms with Crippen molar-refractivity contribution in [1.82, 2.24) is 19.7 Å². The van der Waals surface area contributed by atoms with Gasteiger partial charge in [-0.25, -0.2) is 14.6 Å². The highest BCUT2D eigenvalue weighted by molar-refractivity contribution is 5.68. The van der Waals surface area contributed by atoms with Crippen molar-refractivity contribution in [2.45, 2.75) is 19.3 Å². The third-order valence-corrected chi connectivity index (χ3v) is 4.56. The molecular weight excluding hydrogens is 300 g/mol. The fraction of sp³-hybridized carbons (Fsp3) is 0.278. The lowest BCUT2D eigenvalue weighted by Crippen LogP contribution is -2.13. The highest BCUT2D eigenvalue weighted by atomic mass is 15.3. The summed E-state index contributed by atoms with van der Waals surface area (Å²) in [7, 11) is 0. The average Bonchev–Trinajstić information content (AvgIpc) is 3.25. The number of nitrogens with two attached hydrogens (primary N) is 1. The number of benzene rings is 1. The lowest BCUT2D eigenvalue weighted by Gasteiger charge is -2.13. The molecule has 0 saturated heterocycles. The summed E-state index contributed by atoms with van der Waals surface area (Å²) < 4.78 is 1.65. The van der Waals surface area contributed by atoms with E-state index in [9.17, 15) is 0 Å². The number of aromatic nitrogens is 4. The van der Waals surface area contributed by atoms with Crippen LogP contribution >= 0.6 is 0 Å². The van der Waals surface area contributed by atoms with E-state index >= 15 is 0 Å². The summed E-state index contributed by atoms with van der Waals surface area (Å²) in [6.45, 7) is 0.846. The normalized spacial score (nSPS) is 13.8. The molecule has 4 rings (SSSR count). The van der Waals surface area contributed by atoms with Crippen LogP contribution in [0.25, 0.3) is 5.82 Å². The van der Waals surface area contributed by atoms with Gasteiger partial charge in [-0.15, -0.1) is 0 Å². The van der Waals surface area contributed by atoms with Gasteiger partial charge in [0.1, 0.15) is 12.0 Å². The Bertz CT molecular complexity index is 802. The summed E-state index contributed by atoms with van der Waals surface area (Å²) in [4.78, 5) is 8.48. The molecule has 0 saturated carbocycles. The van der Waals surface area contributed by atoms with Crippen molar-refractivity contribution in [2.24, 2.45) is 5.92 Å². The zero-order valence-electron chi connectivity index (χ0n) is 13.4. The first kappa shape index (κ1) is 14.7. The highest BCUT2D eigenvalue weighted by Crippen LogP contribution is 2.29. The van der Waals surface area contributed by atoms with Crippen LogP contribution in [0.15, 0.2) is 49.1 Å². The Morgan fingerprint density at radius 1 is 1.12 bits per heavy atom. The van der Waals surface area contributed by atoms with Crippen LogP contribution in [0.2, 0.25) is 0 Å². The van der Waals surface area contributed by atoms with Gasteiger partial charge in [0.05, 0.1) is 0 Å². The maximum atomic E-state index is 6.19. The Morgan fingerprint density at radius 3 is 2.62 bits per heavy atom. The number of nitrogens with zero attached hydrogens (tertiary/aromatic N) is 4. The largest absolute Gasteiger partial charge is 0.393 e. The van der Waals surface area contributed by atoms with Gasteiger partial charge >= 0.3 is 0 Å². The fourth-order valence-corrected chi connectivity index (χ4v) is 3.35. The van der Waals surface area contributed by atoms with E-state index in [2.05, 4.69) is 44.6 Å². The van der Waals surface area contributed by atoms with E-state index in [1.54, 1.807) is 10.9 Å². The van der Waals surface area contributed by atoms with Gasteiger partial charge in [-0.1, -0.05) is 24.3 Å². The molecule has 1 aliphatic rings. The van der Waals surface area contributed by atoms with Gasteiger partial charge < -0.3 is 11.1 Å². The Morgan fingerprint density at radius 2 is 1.92 bits per heavy atom. The second kappa shape index (κ2) is 6.31. The minimum atomic E-state index is 0.524. The molecule has 6 nitrogen and oxygen atoms in total. The highest BCUT2D eigenvalue weighted by Gasteiger charge is 2.20. The van der Waals surface area contributed by atoms with Gasteiger partial charge in [0.2, 0.25) is 0 Å². The zero-order valence-corrected chi connectivity index (χ0v) is 13.4. The summed E-state index contributed by atoms with van der Waals surface area (Å²) >= 11 is 0. The summed E-state index contributed by atoms with van der Waals surface area (Å²) in [5.74, 6) is 1.96. The van der Waals surface area contributed by atoms with E-state index < -0.39 is 0 Å². The molecule has 3 N–H and O–H groups in total. The van der Waals surface area contributed by atoms with Crippen LogP contribution in [-0.4, -0.2) is 26.3 Å². The summed E-state index contributed by atoms with van der Waals surface area (Å²) in [6, 6.07) is 10.6. The zero-order chi connectivity index (χ0) is 16.4. The molecule has 1 aromatic carbocycles. The van der Waals surface area contributed by atoms with Gasteiger partial charge in [-0.2, -0.15) is 5.10 Å². The van der Waals surface area contributed by atoms with Gasteiger partial charge in [0, 0.05) is 18.9 Å². The first-order valence-electron chi connectivity index (χ1n) is 8.22. The maximum absolute atomic E-state index is 6.19. The molecule has 1 aliphatic carbocycles. The Labute approximate surface area is 140 Å². The molecule has 0 radical (unpaired) electrons. The van der Waals surface area contributed by atoms with Gasteiger partial charge in [-0.3, -0.25) is 0 Å². The molecule has 3 aromatic rings. The number of nitrogens with one attached hydrogen (secondary N) is 1. The molecule has 0 bridgehead atoms. The quantitative estimate of drug-likeness (QED) is 0.754. The number of rotatable bonds is 5. The smallest absolute Gasteiger partial charge is 0.181 e. The van der Waals surface area contributed by atoms with Crippen LogP contribution in [0.1, 0.15) is 17.5 Å². The van der Waals surface area contributed by atoms with E-state index in [0.29, 0.717) is 23.2 Å². The molecule has 2 aromatic heterocycles. The van der Waals surface area contributed by atoms with E-state index in [1.165, 1.54) is 17.5 Å². The van der Waals surface area contributed by atoms with Crippen molar-refractivity contribution < 1.29 is 0 Å². The number of fused-ring (bicyclic) bond motifs is 1. The minimum Gasteiger partial charge on any atom is -0.393 e. The average molecular weight is 320 g/mol. The molecule has 24 heavy (non-hydrogen) atoms. The van der Waals surface area contributed by atoms with E-state index in [0.717, 1.165) is 25.8 Å². The summed E-state index contributed by atoms with van der Waals surface area (Å²) in [5, 5.41) is 7.53. The molecule has 0 fully saturated rings. The summed E-state index contributed by atoms with van der Waals surface area (Å²) in [6.07, 6.45) is 8.45. The lowest BCUT2D eigenvalue weighted by atomic mass is 10.0. The topological polar surface area (TPSA) is 81.6 Å². The third kappa shape index (κ3) is 2.82. The second-order valence-corrected chi connectivity index (χ2v) is 6.17. The SMILES string of the molecule is Nc1c(NCCC2Cc3ccccc3C2)ncnc1-n1cccn1. The Kier molecular flexibility index (Phi) is 3.86. The molecule has 6 heteroatoms. The Balaban J connectivity index is 1.38. The van der Waals surface area contributed by atoms with Crippen molar-refractivity contribution >= 4 is 11.5 Å². The first-order valence-corrected chi connectivity index (χ1v) is 8.22. The third-order valence-electron chi connectivity index (χ3n) is 4.56. The number of hydrogen-bond acceptors (Lipinski definition) is 5. The van der Waals surface area contributed by atoms with Crippen molar-refractivity contribution in [3.05, 3.63) is 60.2 Å². The van der Waals surface area contributed by atoms with Crippen LogP contribution in [0, 0.1) is 5.92 Å². The number of hydrogen-bond donors (Lipinski definition) is 2. The molecular formula is C18H20N6. The van der Waals surface area contributed by atoms with Crippen molar-refractivity contribution in [1.29, 1.82) is 0 Å². The predicted octanol–water partition coefficient (Wildman–Crippen LogP) is 2.46.